The summed E-state index contributed by atoms with van der Waals surface area (Å²) in [5.74, 6) is 0.196. The maximum Gasteiger partial charge on any atom is 0.270 e. The molecule has 0 unspecified atom stereocenters. The first-order valence-electron chi connectivity index (χ1n) is 9.77. The highest BCUT2D eigenvalue weighted by atomic mass is 16.6. The largest absolute Gasteiger partial charge is 0.497 e. The third-order valence-electron chi connectivity index (χ3n) is 5.10. The van der Waals surface area contributed by atoms with E-state index in [9.17, 15) is 19.7 Å². The number of aromatic nitrogens is 1. The minimum absolute atomic E-state index is 0.0955. The number of nitro groups is 1. The van der Waals surface area contributed by atoms with Crippen molar-refractivity contribution in [1.82, 2.24) is 4.98 Å². The Hall–Kier alpha value is -4.46. The van der Waals surface area contributed by atoms with Crippen LogP contribution in [0, 0.1) is 10.1 Å². The molecule has 160 valence electrons. The molecule has 0 bridgehead atoms. The minimum atomic E-state index is -0.543. The number of ether oxygens (including phenoxy) is 1. The van der Waals surface area contributed by atoms with E-state index in [0.717, 1.165) is 5.39 Å². The summed E-state index contributed by atoms with van der Waals surface area (Å²) in [7, 11) is 1.55. The van der Waals surface area contributed by atoms with Crippen LogP contribution in [0.3, 0.4) is 0 Å². The molecule has 0 aliphatic heterocycles. The van der Waals surface area contributed by atoms with E-state index in [2.05, 4.69) is 4.98 Å². The second kappa shape index (κ2) is 8.73. The number of carbonyl (C=O) groups excluding carboxylic acids is 1. The molecule has 4 aromatic rings. The van der Waals surface area contributed by atoms with Crippen molar-refractivity contribution in [3.63, 3.8) is 0 Å². The molecule has 0 saturated heterocycles. The van der Waals surface area contributed by atoms with Gasteiger partial charge in [-0.25, -0.2) is 0 Å². The number of rotatable bonds is 6. The molecule has 8 nitrogen and oxygen atoms in total. The molecule has 0 spiro atoms. The number of H-pyrrole nitrogens is 1. The van der Waals surface area contributed by atoms with Crippen molar-refractivity contribution in [2.24, 2.45) is 0 Å². The van der Waals surface area contributed by atoms with Crippen LogP contribution in [0.2, 0.25) is 0 Å². The van der Waals surface area contributed by atoms with Gasteiger partial charge in [0.25, 0.3) is 11.6 Å². The second-order valence-electron chi connectivity index (χ2n) is 7.10. The van der Waals surface area contributed by atoms with Gasteiger partial charge in [-0.05, 0) is 42.0 Å². The van der Waals surface area contributed by atoms with Gasteiger partial charge in [-0.3, -0.25) is 19.7 Å². The molecule has 1 amide bonds. The van der Waals surface area contributed by atoms with Crippen LogP contribution in [0.5, 0.6) is 5.75 Å². The van der Waals surface area contributed by atoms with Gasteiger partial charge in [-0.2, -0.15) is 0 Å². The molecule has 32 heavy (non-hydrogen) atoms. The highest BCUT2D eigenvalue weighted by molar-refractivity contribution is 6.06. The standard InChI is InChI=1S/C24H19N3O5/c1-32-20-11-9-18(10-12-20)26(24(29)16-5-4-6-19(13-16)27(30)31)15-17-14-23(28)25-22-8-3-2-7-21(17)22/h2-14H,15H2,1H3,(H,25,28). The zero-order valence-corrected chi connectivity index (χ0v) is 17.1. The van der Waals surface area contributed by atoms with Gasteiger partial charge in [-0.1, -0.05) is 24.3 Å². The number of anilines is 1. The van der Waals surface area contributed by atoms with E-state index in [1.807, 2.05) is 18.2 Å². The van der Waals surface area contributed by atoms with Crippen molar-refractivity contribution >= 4 is 28.2 Å². The number of nitrogens with one attached hydrogen (secondary N) is 1. The van der Waals surface area contributed by atoms with Crippen molar-refractivity contribution in [3.05, 3.63) is 110 Å². The summed E-state index contributed by atoms with van der Waals surface area (Å²) in [4.78, 5) is 40.6. The monoisotopic (exact) mass is 429 g/mol. The average molecular weight is 429 g/mol. The van der Waals surface area contributed by atoms with E-state index in [1.165, 1.54) is 35.2 Å². The summed E-state index contributed by atoms with van der Waals surface area (Å²) in [5.41, 5.74) is 1.59. The Morgan fingerprint density at radius 2 is 1.78 bits per heavy atom. The van der Waals surface area contributed by atoms with Crippen LogP contribution in [0.15, 0.2) is 83.7 Å². The van der Waals surface area contributed by atoms with E-state index >= 15 is 0 Å². The third kappa shape index (κ3) is 4.20. The molecular weight excluding hydrogens is 410 g/mol. The first kappa shape index (κ1) is 20.8. The summed E-state index contributed by atoms with van der Waals surface area (Å²) in [6, 6.07) is 21.3. The second-order valence-corrected chi connectivity index (χ2v) is 7.10. The van der Waals surface area contributed by atoms with E-state index in [4.69, 9.17) is 4.74 Å². The number of amides is 1. The Morgan fingerprint density at radius 1 is 1.03 bits per heavy atom. The number of para-hydroxylation sites is 1. The van der Waals surface area contributed by atoms with Gasteiger partial charge in [0.15, 0.2) is 0 Å². The Balaban J connectivity index is 1.81. The molecule has 0 aliphatic rings. The van der Waals surface area contributed by atoms with E-state index in [1.54, 1.807) is 37.4 Å². The van der Waals surface area contributed by atoms with Crippen LogP contribution in [0.1, 0.15) is 15.9 Å². The predicted molar refractivity (Wildman–Crippen MR) is 121 cm³/mol. The normalized spacial score (nSPS) is 10.7. The lowest BCUT2D eigenvalue weighted by atomic mass is 10.1. The Morgan fingerprint density at radius 3 is 2.50 bits per heavy atom. The molecule has 0 aliphatic carbocycles. The number of nitrogens with zero attached hydrogens (tertiary/aromatic N) is 2. The van der Waals surface area contributed by atoms with Crippen molar-refractivity contribution in [2.45, 2.75) is 6.54 Å². The van der Waals surface area contributed by atoms with Gasteiger partial charge in [0.05, 0.1) is 18.6 Å². The molecule has 0 saturated carbocycles. The Labute approximate surface area is 182 Å². The number of nitro benzene ring substituents is 1. The number of non-ortho nitro benzene ring substituents is 1. The molecule has 0 radical (unpaired) electrons. The van der Waals surface area contributed by atoms with E-state index in [-0.39, 0.29) is 23.4 Å². The molecular formula is C24H19N3O5. The molecule has 1 aromatic heterocycles. The predicted octanol–water partition coefficient (Wildman–Crippen LogP) is 4.29. The van der Waals surface area contributed by atoms with Crippen molar-refractivity contribution in [1.29, 1.82) is 0 Å². The van der Waals surface area contributed by atoms with Crippen LogP contribution in [0.4, 0.5) is 11.4 Å². The van der Waals surface area contributed by atoms with Crippen molar-refractivity contribution in [3.8, 4) is 5.75 Å². The summed E-state index contributed by atoms with van der Waals surface area (Å²) in [5, 5.41) is 12.0. The Bertz CT molecular complexity index is 1360. The summed E-state index contributed by atoms with van der Waals surface area (Å²) >= 11 is 0. The maximum atomic E-state index is 13.5. The number of methoxy groups -OCH3 is 1. The molecule has 0 atom stereocenters. The number of aromatic amines is 1. The van der Waals surface area contributed by atoms with Crippen LogP contribution >= 0.6 is 0 Å². The minimum Gasteiger partial charge on any atom is -0.497 e. The number of fused-ring (bicyclic) bond motifs is 1. The van der Waals surface area contributed by atoms with Crippen LogP contribution < -0.4 is 15.2 Å². The lowest BCUT2D eigenvalue weighted by Gasteiger charge is -2.24. The fourth-order valence-electron chi connectivity index (χ4n) is 3.53. The number of benzene rings is 3. The topological polar surface area (TPSA) is 106 Å². The maximum absolute atomic E-state index is 13.5. The molecule has 0 fully saturated rings. The van der Waals surface area contributed by atoms with Crippen molar-refractivity contribution in [2.75, 3.05) is 12.0 Å². The van der Waals surface area contributed by atoms with Crippen LogP contribution in [-0.4, -0.2) is 22.9 Å². The molecule has 1 heterocycles. The molecule has 8 heteroatoms. The van der Waals surface area contributed by atoms with Gasteiger partial charge in [0.1, 0.15) is 5.75 Å². The highest BCUT2D eigenvalue weighted by Gasteiger charge is 2.21. The van der Waals surface area contributed by atoms with Gasteiger partial charge in [0.2, 0.25) is 5.56 Å². The smallest absolute Gasteiger partial charge is 0.270 e. The van der Waals surface area contributed by atoms with Gasteiger partial charge in [0, 0.05) is 40.4 Å². The number of hydrogen-bond acceptors (Lipinski definition) is 5. The fraction of sp³-hybridized carbons (Fsp3) is 0.0833. The first-order valence-corrected chi connectivity index (χ1v) is 9.77. The molecule has 3 aromatic carbocycles. The number of pyridine rings is 1. The van der Waals surface area contributed by atoms with E-state index in [0.29, 0.717) is 22.5 Å². The van der Waals surface area contributed by atoms with Crippen LogP contribution in [-0.2, 0) is 6.54 Å². The third-order valence-corrected chi connectivity index (χ3v) is 5.10. The molecule has 4 rings (SSSR count). The fourth-order valence-corrected chi connectivity index (χ4v) is 3.53. The lowest BCUT2D eigenvalue weighted by molar-refractivity contribution is -0.384. The van der Waals surface area contributed by atoms with Gasteiger partial charge < -0.3 is 14.6 Å². The van der Waals surface area contributed by atoms with E-state index < -0.39 is 10.8 Å². The zero-order chi connectivity index (χ0) is 22.7. The van der Waals surface area contributed by atoms with Crippen molar-refractivity contribution < 1.29 is 14.5 Å². The van der Waals surface area contributed by atoms with Crippen LogP contribution in [0.25, 0.3) is 10.9 Å². The van der Waals surface area contributed by atoms with Gasteiger partial charge in [-0.15, -0.1) is 0 Å². The SMILES string of the molecule is COc1ccc(N(Cc2cc(=O)[nH]c3ccccc23)C(=O)c2cccc([N+](=O)[O-])c2)cc1. The first-order chi connectivity index (χ1) is 15.5. The molecule has 1 N–H and O–H groups in total. The summed E-state index contributed by atoms with van der Waals surface area (Å²) in [6.07, 6.45) is 0. The number of hydrogen-bond donors (Lipinski definition) is 1. The Kier molecular flexibility index (Phi) is 5.67. The highest BCUT2D eigenvalue weighted by Crippen LogP contribution is 2.26. The number of carbonyl (C=O) groups is 1. The lowest BCUT2D eigenvalue weighted by Crippen LogP contribution is -2.31. The zero-order valence-electron chi connectivity index (χ0n) is 17.1. The quantitative estimate of drug-likeness (QED) is 0.364. The van der Waals surface area contributed by atoms with Gasteiger partial charge >= 0.3 is 0 Å². The average Bonchev–Trinajstić information content (AvgIpc) is 2.82. The summed E-state index contributed by atoms with van der Waals surface area (Å²) < 4.78 is 5.20. The summed E-state index contributed by atoms with van der Waals surface area (Å²) in [6.45, 7) is 0.0955.